The van der Waals surface area contributed by atoms with Gasteiger partial charge in [-0.3, -0.25) is 0 Å². The highest BCUT2D eigenvalue weighted by Gasteiger charge is 2.28. The molecule has 0 fully saturated rings. The Morgan fingerprint density at radius 2 is 2.06 bits per heavy atom. The zero-order valence-electron chi connectivity index (χ0n) is 20.9. The van der Waals surface area contributed by atoms with Gasteiger partial charge in [0.2, 0.25) is 0 Å². The van der Waals surface area contributed by atoms with Crippen LogP contribution in [-0.2, 0) is 14.3 Å². The lowest BCUT2D eigenvalue weighted by molar-refractivity contribution is -0.137. The van der Waals surface area contributed by atoms with Crippen molar-refractivity contribution < 1.29 is 19.4 Å². The predicted molar refractivity (Wildman–Crippen MR) is 135 cm³/mol. The number of β-amino-alcohol motifs (C(OH)–C–C–N with tert-alkyl or cyclic N) is 1. The maximum atomic E-state index is 11.6. The number of aliphatic hydroxyl groups excluding tert-OH is 1. The summed E-state index contributed by atoms with van der Waals surface area (Å²) >= 11 is 0. The molecule has 0 saturated heterocycles. The van der Waals surface area contributed by atoms with Crippen LogP contribution in [0.2, 0.25) is 0 Å². The number of esters is 1. The molecule has 182 valence electrons. The minimum Gasteiger partial charge on any atom is -0.463 e. The smallest absolute Gasteiger partial charge is 0.330 e. The van der Waals surface area contributed by atoms with Crippen LogP contribution in [0.25, 0.3) is 6.08 Å². The minimum atomic E-state index is -0.610. The van der Waals surface area contributed by atoms with Gasteiger partial charge >= 0.3 is 5.97 Å². The molecule has 3 atom stereocenters. The lowest BCUT2D eigenvalue weighted by atomic mass is 9.88. The highest BCUT2D eigenvalue weighted by atomic mass is 16.5. The molecule has 0 aromatic heterocycles. The maximum Gasteiger partial charge on any atom is 0.330 e. The molecule has 5 nitrogen and oxygen atoms in total. The Morgan fingerprint density at radius 1 is 1.33 bits per heavy atom. The molecule has 1 aromatic rings. The summed E-state index contributed by atoms with van der Waals surface area (Å²) in [5.74, 6) is 0.252. The zero-order chi connectivity index (χ0) is 24.4. The second kappa shape index (κ2) is 12.9. The number of nitrogens with one attached hydrogen (secondary N) is 1. The summed E-state index contributed by atoms with van der Waals surface area (Å²) in [6, 6.07) is 7.76. The average Bonchev–Trinajstić information content (AvgIpc) is 3.13. The molecule has 0 saturated carbocycles. The third-order valence-electron chi connectivity index (χ3n) is 6.17. The second-order valence-electron chi connectivity index (χ2n) is 9.60. The van der Waals surface area contributed by atoms with E-state index in [1.165, 1.54) is 17.2 Å². The van der Waals surface area contributed by atoms with Crippen LogP contribution < -0.4 is 5.32 Å². The Bertz CT molecular complexity index is 855. The normalized spacial score (nSPS) is 18.5. The SMILES string of the molecule is C=CC1=C(C)CC(CC(C)(C)NC[C@@H](O)CO[C@H](C)c2ccccc2/C=C/C(=O)OCC)C1. The van der Waals surface area contributed by atoms with Gasteiger partial charge in [-0.2, -0.15) is 0 Å². The van der Waals surface area contributed by atoms with E-state index in [2.05, 4.69) is 32.7 Å². The molecule has 2 N–H and O–H groups in total. The molecule has 0 spiro atoms. The number of benzene rings is 1. The molecule has 0 radical (unpaired) electrons. The molecule has 0 amide bonds. The van der Waals surface area contributed by atoms with Crippen molar-refractivity contribution in [1.82, 2.24) is 5.32 Å². The highest BCUT2D eigenvalue weighted by Crippen LogP contribution is 2.36. The summed E-state index contributed by atoms with van der Waals surface area (Å²) < 4.78 is 10.9. The van der Waals surface area contributed by atoms with Gasteiger partial charge in [-0.25, -0.2) is 4.79 Å². The molecule has 0 bridgehead atoms. The Hall–Kier alpha value is -2.21. The number of ether oxygens (including phenoxy) is 2. The van der Waals surface area contributed by atoms with Gasteiger partial charge in [0.15, 0.2) is 0 Å². The van der Waals surface area contributed by atoms with Gasteiger partial charge in [-0.1, -0.05) is 42.5 Å². The van der Waals surface area contributed by atoms with Crippen molar-refractivity contribution in [2.24, 2.45) is 5.92 Å². The van der Waals surface area contributed by atoms with Crippen molar-refractivity contribution in [3.8, 4) is 0 Å². The van der Waals surface area contributed by atoms with Gasteiger partial charge in [0, 0.05) is 18.2 Å². The van der Waals surface area contributed by atoms with Gasteiger partial charge in [-0.05, 0) is 82.6 Å². The molecular weight excluding hydrogens is 414 g/mol. The van der Waals surface area contributed by atoms with Crippen LogP contribution in [0.15, 0.2) is 54.1 Å². The fourth-order valence-electron chi connectivity index (χ4n) is 4.50. The number of carbonyl (C=O) groups is 1. The van der Waals surface area contributed by atoms with Gasteiger partial charge < -0.3 is 19.9 Å². The molecule has 33 heavy (non-hydrogen) atoms. The number of hydrogen-bond acceptors (Lipinski definition) is 5. The Kier molecular flexibility index (Phi) is 10.6. The summed E-state index contributed by atoms with van der Waals surface area (Å²) in [7, 11) is 0. The van der Waals surface area contributed by atoms with Crippen LogP contribution in [0.5, 0.6) is 0 Å². The fourth-order valence-corrected chi connectivity index (χ4v) is 4.50. The van der Waals surface area contributed by atoms with E-state index in [1.54, 1.807) is 13.0 Å². The van der Waals surface area contributed by atoms with Crippen LogP contribution in [0.4, 0.5) is 0 Å². The Morgan fingerprint density at radius 3 is 2.73 bits per heavy atom. The largest absolute Gasteiger partial charge is 0.463 e. The van der Waals surface area contributed by atoms with E-state index in [0.29, 0.717) is 19.1 Å². The first kappa shape index (κ1) is 27.0. The van der Waals surface area contributed by atoms with Crippen molar-refractivity contribution in [2.75, 3.05) is 19.8 Å². The maximum absolute atomic E-state index is 11.6. The molecule has 1 aliphatic rings. The van der Waals surface area contributed by atoms with E-state index in [9.17, 15) is 9.90 Å². The molecule has 2 rings (SSSR count). The van der Waals surface area contributed by atoms with Crippen LogP contribution in [0, 0.1) is 5.92 Å². The molecule has 0 aliphatic heterocycles. The number of rotatable bonds is 13. The first-order chi connectivity index (χ1) is 15.6. The number of allylic oxidation sites excluding steroid dienone is 3. The highest BCUT2D eigenvalue weighted by molar-refractivity contribution is 5.87. The third-order valence-corrected chi connectivity index (χ3v) is 6.17. The Balaban J connectivity index is 1.82. The first-order valence-corrected chi connectivity index (χ1v) is 11.9. The summed E-state index contributed by atoms with van der Waals surface area (Å²) in [6.07, 6.45) is 7.59. The van der Waals surface area contributed by atoms with E-state index in [0.717, 1.165) is 30.4 Å². The van der Waals surface area contributed by atoms with Gasteiger partial charge in [0.1, 0.15) is 0 Å². The number of aliphatic hydroxyl groups is 1. The summed E-state index contributed by atoms with van der Waals surface area (Å²) in [6.45, 7) is 15.3. The lowest BCUT2D eigenvalue weighted by Crippen LogP contribution is -2.45. The van der Waals surface area contributed by atoms with Gasteiger partial charge in [0.25, 0.3) is 0 Å². The first-order valence-electron chi connectivity index (χ1n) is 11.9. The van der Waals surface area contributed by atoms with E-state index >= 15 is 0 Å². The standard InChI is InChI=1S/C28H41NO4/c1-7-23-16-22(15-20(23)3)17-28(5,6)29-18-25(30)19-33-21(4)26-12-10-9-11-24(26)13-14-27(31)32-8-2/h7,9-14,21-22,25,29-30H,1,8,15-19H2,2-6H3/b14-13+/t21-,22?,25-/m1/s1. The summed E-state index contributed by atoms with van der Waals surface area (Å²) in [5.41, 5.74) is 4.62. The minimum absolute atomic E-state index is 0.0708. The Labute approximate surface area is 199 Å². The van der Waals surface area contributed by atoms with Crippen molar-refractivity contribution in [1.29, 1.82) is 0 Å². The fraction of sp³-hybridized carbons (Fsp3) is 0.536. The average molecular weight is 456 g/mol. The molecule has 1 aromatic carbocycles. The van der Waals surface area contributed by atoms with E-state index in [4.69, 9.17) is 9.47 Å². The summed E-state index contributed by atoms with van der Waals surface area (Å²) in [5, 5.41) is 14.0. The van der Waals surface area contributed by atoms with Crippen LogP contribution in [-0.4, -0.2) is 42.5 Å². The van der Waals surface area contributed by atoms with E-state index in [-0.39, 0.29) is 24.2 Å². The van der Waals surface area contributed by atoms with Crippen molar-refractivity contribution >= 4 is 12.0 Å². The third kappa shape index (κ3) is 8.92. The van der Waals surface area contributed by atoms with E-state index in [1.807, 2.05) is 37.3 Å². The number of hydrogen-bond donors (Lipinski definition) is 2. The monoisotopic (exact) mass is 455 g/mol. The second-order valence-corrected chi connectivity index (χ2v) is 9.60. The topological polar surface area (TPSA) is 67.8 Å². The molecule has 1 aliphatic carbocycles. The molecule has 1 unspecified atom stereocenters. The zero-order valence-corrected chi connectivity index (χ0v) is 20.9. The van der Waals surface area contributed by atoms with E-state index < -0.39 is 6.10 Å². The summed E-state index contributed by atoms with van der Waals surface area (Å²) in [4.78, 5) is 11.6. The van der Waals surface area contributed by atoms with Crippen LogP contribution >= 0.6 is 0 Å². The van der Waals surface area contributed by atoms with Crippen molar-refractivity contribution in [3.63, 3.8) is 0 Å². The molecular formula is C28H41NO4. The van der Waals surface area contributed by atoms with Crippen molar-refractivity contribution in [3.05, 3.63) is 65.3 Å². The quantitative estimate of drug-likeness (QED) is 0.309. The lowest BCUT2D eigenvalue weighted by Gasteiger charge is -2.31. The van der Waals surface area contributed by atoms with Crippen LogP contribution in [0.1, 0.15) is 71.1 Å². The van der Waals surface area contributed by atoms with Crippen LogP contribution in [0.3, 0.4) is 0 Å². The number of carbonyl (C=O) groups excluding carboxylic acids is 1. The van der Waals surface area contributed by atoms with Gasteiger partial charge in [-0.15, -0.1) is 0 Å². The predicted octanol–water partition coefficient (Wildman–Crippen LogP) is 5.37. The van der Waals surface area contributed by atoms with Gasteiger partial charge in [0.05, 0.1) is 25.4 Å². The molecule has 0 heterocycles. The van der Waals surface area contributed by atoms with Crippen molar-refractivity contribution in [2.45, 2.75) is 71.6 Å². The molecule has 5 heteroatoms.